The molecule has 0 radical (unpaired) electrons. The van der Waals surface area contributed by atoms with E-state index in [2.05, 4.69) is 37.5 Å². The number of methoxy groups -OCH3 is 3. The molecule has 4 rings (SSSR count). The molecule has 0 bridgehead atoms. The molecule has 2 aliphatic rings. The Bertz CT molecular complexity index is 1160. The molecule has 0 fully saturated rings. The number of aryl methyl sites for hydroxylation is 2. The van der Waals surface area contributed by atoms with Gasteiger partial charge in [-0.3, -0.25) is 9.59 Å². The molecular weight excluding hydrogens is 450 g/mol. The van der Waals surface area contributed by atoms with Crippen LogP contribution in [0.1, 0.15) is 16.7 Å². The van der Waals surface area contributed by atoms with Crippen LogP contribution < -0.4 is 24.7 Å². The van der Waals surface area contributed by atoms with E-state index < -0.39 is 20.1 Å². The van der Waals surface area contributed by atoms with Crippen LogP contribution in [0.3, 0.4) is 0 Å². The van der Waals surface area contributed by atoms with Gasteiger partial charge < -0.3 is 24.3 Å². The molecule has 1 N–H and O–H groups in total. The lowest BCUT2D eigenvalue weighted by Gasteiger charge is -2.19. The summed E-state index contributed by atoms with van der Waals surface area (Å²) in [5, 5.41) is 4.22. The molecule has 2 aliphatic heterocycles. The molecule has 0 saturated carbocycles. The van der Waals surface area contributed by atoms with Crippen LogP contribution in [0.2, 0.25) is 19.1 Å². The molecule has 0 saturated heterocycles. The summed E-state index contributed by atoms with van der Waals surface area (Å²) in [5.41, 5.74) is 4.08. The standard InChI is InChI=1S/C26H31NO6Si/c1-15-9-16-7-8-34(5,6)23(16)11-17(15)10-19-12-20(28)25(33-19)26(29)27-24-21(31-3)13-18(30-2)14-22(24)32-4/h9,11-14,25H,7-8,10H2,1-6H3,(H,27,29). The van der Waals surface area contributed by atoms with Crippen molar-refractivity contribution in [1.82, 2.24) is 0 Å². The first-order chi connectivity index (χ1) is 16.2. The van der Waals surface area contributed by atoms with Crippen molar-refractivity contribution in [3.8, 4) is 17.2 Å². The van der Waals surface area contributed by atoms with E-state index in [4.69, 9.17) is 18.9 Å². The largest absolute Gasteiger partial charge is 0.496 e. The Balaban J connectivity index is 1.51. The van der Waals surface area contributed by atoms with E-state index in [0.29, 0.717) is 35.1 Å². The van der Waals surface area contributed by atoms with Crippen LogP contribution in [0.4, 0.5) is 5.69 Å². The summed E-state index contributed by atoms with van der Waals surface area (Å²) in [5.74, 6) is 0.747. The summed E-state index contributed by atoms with van der Waals surface area (Å²) in [6.07, 6.45) is 1.80. The number of benzene rings is 2. The first-order valence-electron chi connectivity index (χ1n) is 11.3. The summed E-state index contributed by atoms with van der Waals surface area (Å²) < 4.78 is 21.8. The summed E-state index contributed by atoms with van der Waals surface area (Å²) in [6, 6.07) is 9.08. The van der Waals surface area contributed by atoms with Gasteiger partial charge in [-0.25, -0.2) is 0 Å². The second-order valence-corrected chi connectivity index (χ2v) is 14.2. The van der Waals surface area contributed by atoms with Gasteiger partial charge in [-0.15, -0.1) is 0 Å². The second kappa shape index (κ2) is 9.17. The summed E-state index contributed by atoms with van der Waals surface area (Å²) in [6.45, 7) is 6.88. The Kier molecular flexibility index (Phi) is 6.44. The van der Waals surface area contributed by atoms with E-state index in [1.54, 1.807) is 12.1 Å². The van der Waals surface area contributed by atoms with Gasteiger partial charge in [-0.2, -0.15) is 0 Å². The second-order valence-electron chi connectivity index (χ2n) is 9.40. The number of carbonyl (C=O) groups excluding carboxylic acids is 2. The van der Waals surface area contributed by atoms with Gasteiger partial charge in [0.15, 0.2) is 0 Å². The number of amides is 1. The molecule has 7 nitrogen and oxygen atoms in total. The topological polar surface area (TPSA) is 83.1 Å². The number of nitrogens with one attached hydrogen (secondary N) is 1. The molecule has 0 spiro atoms. The Morgan fingerprint density at radius 1 is 1.09 bits per heavy atom. The maximum Gasteiger partial charge on any atom is 0.273 e. The Hall–Kier alpha value is -3.26. The minimum absolute atomic E-state index is 0.308. The van der Waals surface area contributed by atoms with Gasteiger partial charge in [-0.1, -0.05) is 30.4 Å². The number of anilines is 1. The highest BCUT2D eigenvalue weighted by Crippen LogP contribution is 2.39. The SMILES string of the molecule is COc1cc(OC)c(NC(=O)C2OC(Cc3cc4c(cc3C)CC[Si]4(C)C)=CC2=O)c(OC)c1. The third-order valence-corrected chi connectivity index (χ3v) is 10.1. The van der Waals surface area contributed by atoms with E-state index in [9.17, 15) is 9.59 Å². The normalized spacial score (nSPS) is 18.1. The maximum absolute atomic E-state index is 13.0. The highest BCUT2D eigenvalue weighted by atomic mass is 28.3. The third-order valence-electron chi connectivity index (χ3n) is 6.71. The molecule has 1 unspecified atom stereocenters. The Morgan fingerprint density at radius 3 is 2.38 bits per heavy atom. The van der Waals surface area contributed by atoms with Crippen LogP contribution in [-0.4, -0.2) is 47.2 Å². The van der Waals surface area contributed by atoms with Crippen LogP contribution in [-0.2, 0) is 27.2 Å². The molecular formula is C26H31NO6Si. The fourth-order valence-corrected chi connectivity index (χ4v) is 7.48. The average molecular weight is 482 g/mol. The van der Waals surface area contributed by atoms with E-state index in [1.165, 1.54) is 49.8 Å². The van der Waals surface area contributed by atoms with Crippen molar-refractivity contribution >= 4 is 30.6 Å². The number of hydrogen-bond donors (Lipinski definition) is 1. The first kappa shape index (κ1) is 23.9. The molecule has 1 atom stereocenters. The number of allylic oxidation sites excluding steroid dienone is 1. The fraction of sp³-hybridized carbons (Fsp3) is 0.385. The van der Waals surface area contributed by atoms with E-state index in [-0.39, 0.29) is 5.78 Å². The minimum atomic E-state index is -1.41. The molecule has 0 aromatic heterocycles. The lowest BCUT2D eigenvalue weighted by atomic mass is 10.0. The Labute approximate surface area is 201 Å². The molecule has 2 heterocycles. The van der Waals surface area contributed by atoms with Gasteiger partial charge in [0.1, 0.15) is 28.7 Å². The quantitative estimate of drug-likeness (QED) is 0.481. The lowest BCUT2D eigenvalue weighted by molar-refractivity contribution is -0.132. The zero-order chi connectivity index (χ0) is 24.6. The van der Waals surface area contributed by atoms with Gasteiger partial charge in [-0.05, 0) is 36.1 Å². The lowest BCUT2D eigenvalue weighted by Crippen LogP contribution is -2.38. The smallest absolute Gasteiger partial charge is 0.273 e. The van der Waals surface area contributed by atoms with Crippen molar-refractivity contribution in [2.24, 2.45) is 0 Å². The molecule has 1 amide bonds. The van der Waals surface area contributed by atoms with Gasteiger partial charge in [0, 0.05) is 24.6 Å². The predicted octanol–water partition coefficient (Wildman–Crippen LogP) is 3.53. The van der Waals surface area contributed by atoms with Crippen molar-refractivity contribution < 1.29 is 28.5 Å². The van der Waals surface area contributed by atoms with Gasteiger partial charge in [0.2, 0.25) is 11.9 Å². The minimum Gasteiger partial charge on any atom is -0.496 e. The summed E-state index contributed by atoms with van der Waals surface area (Å²) in [7, 11) is 3.07. The number of ether oxygens (including phenoxy) is 4. The van der Waals surface area contributed by atoms with E-state index in [1.807, 2.05) is 0 Å². The van der Waals surface area contributed by atoms with Crippen molar-refractivity contribution in [1.29, 1.82) is 0 Å². The van der Waals surface area contributed by atoms with Gasteiger partial charge in [0.05, 0.1) is 29.4 Å². The van der Waals surface area contributed by atoms with Crippen LogP contribution in [0.25, 0.3) is 0 Å². The molecule has 0 aliphatic carbocycles. The molecule has 8 heteroatoms. The number of hydrogen-bond acceptors (Lipinski definition) is 6. The predicted molar refractivity (Wildman–Crippen MR) is 133 cm³/mol. The highest BCUT2D eigenvalue weighted by Gasteiger charge is 2.36. The monoisotopic (exact) mass is 481 g/mol. The van der Waals surface area contributed by atoms with Gasteiger partial charge in [0.25, 0.3) is 5.91 Å². The van der Waals surface area contributed by atoms with E-state index in [0.717, 1.165) is 12.0 Å². The summed E-state index contributed by atoms with van der Waals surface area (Å²) in [4.78, 5) is 25.6. The van der Waals surface area contributed by atoms with Crippen molar-refractivity contribution in [3.05, 3.63) is 52.8 Å². The van der Waals surface area contributed by atoms with Crippen molar-refractivity contribution in [3.63, 3.8) is 0 Å². The number of ketones is 1. The molecule has 180 valence electrons. The zero-order valence-electron chi connectivity index (χ0n) is 20.5. The van der Waals surface area contributed by atoms with Gasteiger partial charge >= 0.3 is 0 Å². The number of carbonyl (C=O) groups is 2. The maximum atomic E-state index is 13.0. The molecule has 34 heavy (non-hydrogen) atoms. The van der Waals surface area contributed by atoms with Crippen LogP contribution in [0.15, 0.2) is 36.1 Å². The number of rotatable bonds is 7. The molecule has 2 aromatic rings. The highest BCUT2D eigenvalue weighted by molar-refractivity contribution is 6.91. The van der Waals surface area contributed by atoms with Crippen LogP contribution >= 0.6 is 0 Å². The number of fused-ring (bicyclic) bond motifs is 1. The first-order valence-corrected chi connectivity index (χ1v) is 14.5. The molecule has 2 aromatic carbocycles. The van der Waals surface area contributed by atoms with Crippen molar-refractivity contribution in [2.75, 3.05) is 26.6 Å². The zero-order valence-corrected chi connectivity index (χ0v) is 21.5. The van der Waals surface area contributed by atoms with Crippen LogP contribution in [0.5, 0.6) is 17.2 Å². The third kappa shape index (κ3) is 4.42. The average Bonchev–Trinajstić information content (AvgIpc) is 3.32. The summed E-state index contributed by atoms with van der Waals surface area (Å²) >= 11 is 0. The van der Waals surface area contributed by atoms with Crippen molar-refractivity contribution in [2.45, 2.75) is 45.0 Å². The van der Waals surface area contributed by atoms with Crippen LogP contribution in [0, 0.1) is 6.92 Å². The van der Waals surface area contributed by atoms with E-state index >= 15 is 0 Å². The Morgan fingerprint density at radius 2 is 1.76 bits per heavy atom. The fourth-order valence-electron chi connectivity index (χ4n) is 4.68.